The Balaban J connectivity index is 1.37. The van der Waals surface area contributed by atoms with E-state index in [0.29, 0.717) is 53.0 Å². The number of ether oxygens (including phenoxy) is 1. The van der Waals surface area contributed by atoms with Gasteiger partial charge in [0.1, 0.15) is 10.8 Å². The highest BCUT2D eigenvalue weighted by molar-refractivity contribution is 6.33. The van der Waals surface area contributed by atoms with E-state index in [1.807, 2.05) is 36.4 Å². The fourth-order valence-electron chi connectivity index (χ4n) is 4.76. The molecular formula is C26H27ClN6O4. The number of aliphatic carboxylic acids is 1. The van der Waals surface area contributed by atoms with Crippen LogP contribution in [0.1, 0.15) is 28.8 Å². The Bertz CT molecular complexity index is 1370. The zero-order chi connectivity index (χ0) is 26.1. The molecule has 192 valence electrons. The number of rotatable bonds is 7. The van der Waals surface area contributed by atoms with Crippen molar-refractivity contribution in [3.8, 4) is 5.75 Å². The third kappa shape index (κ3) is 4.97. The first-order valence-electron chi connectivity index (χ1n) is 11.9. The van der Waals surface area contributed by atoms with Crippen LogP contribution in [0.15, 0.2) is 42.6 Å². The molecule has 3 aromatic rings. The van der Waals surface area contributed by atoms with E-state index in [4.69, 9.17) is 16.3 Å². The van der Waals surface area contributed by atoms with Gasteiger partial charge in [-0.1, -0.05) is 23.7 Å². The summed E-state index contributed by atoms with van der Waals surface area (Å²) >= 11 is 6.38. The molecule has 0 saturated carbocycles. The molecule has 1 aromatic heterocycles. The summed E-state index contributed by atoms with van der Waals surface area (Å²) in [6.07, 6.45) is 2.99. The molecule has 1 amide bonds. The maximum absolute atomic E-state index is 12.6. The lowest BCUT2D eigenvalue weighted by Crippen LogP contribution is -2.38. The zero-order valence-electron chi connectivity index (χ0n) is 20.5. The molecule has 2 aliphatic heterocycles. The number of hydrogen-bond donors (Lipinski definition) is 3. The molecule has 11 heteroatoms. The average molecular weight is 523 g/mol. The summed E-state index contributed by atoms with van der Waals surface area (Å²) in [6.45, 7) is 1.80. The van der Waals surface area contributed by atoms with Crippen molar-refractivity contribution in [2.45, 2.75) is 19.4 Å². The predicted molar refractivity (Wildman–Crippen MR) is 141 cm³/mol. The minimum Gasteiger partial charge on any atom is -0.494 e. The molecule has 1 saturated heterocycles. The van der Waals surface area contributed by atoms with Gasteiger partial charge in [0.15, 0.2) is 5.82 Å². The summed E-state index contributed by atoms with van der Waals surface area (Å²) in [5, 5.41) is 16.1. The van der Waals surface area contributed by atoms with Crippen molar-refractivity contribution >= 4 is 52.3 Å². The van der Waals surface area contributed by atoms with E-state index in [0.717, 1.165) is 24.2 Å². The van der Waals surface area contributed by atoms with Crippen molar-refractivity contribution in [3.05, 3.63) is 58.7 Å². The number of piperidine rings is 1. The fourth-order valence-corrected chi connectivity index (χ4v) is 4.90. The van der Waals surface area contributed by atoms with Crippen LogP contribution in [0, 0.1) is 5.92 Å². The summed E-state index contributed by atoms with van der Waals surface area (Å²) < 4.78 is 5.60. The molecule has 1 fully saturated rings. The summed E-state index contributed by atoms with van der Waals surface area (Å²) in [5.74, 6) is 0.00680. The molecule has 5 rings (SSSR count). The Morgan fingerprint density at radius 2 is 2.05 bits per heavy atom. The summed E-state index contributed by atoms with van der Waals surface area (Å²) in [5.41, 5.74) is 3.70. The van der Waals surface area contributed by atoms with Gasteiger partial charge in [0.05, 0.1) is 36.2 Å². The van der Waals surface area contributed by atoms with Gasteiger partial charge in [-0.25, -0.2) is 4.98 Å². The standard InChI is InChI=1S/C26H27ClN6O4/c1-32-13-15-5-3-7-20(22(15)24(32)34)29-23-18(27)12-28-26(31-23)30-19-9-8-17(11-21(19)37-2)33-10-4-6-16(14-33)25(35)36/h3,5,7-9,11-12,16H,4,6,10,13-14H2,1-2H3,(H,35,36)(H2,28,29,30,31). The molecule has 2 aromatic carbocycles. The first-order valence-corrected chi connectivity index (χ1v) is 12.3. The number of nitrogens with one attached hydrogen (secondary N) is 2. The maximum Gasteiger partial charge on any atom is 0.308 e. The molecule has 0 bridgehead atoms. The Labute approximate surface area is 219 Å². The normalized spacial score (nSPS) is 16.9. The number of aromatic nitrogens is 2. The van der Waals surface area contributed by atoms with Crippen molar-refractivity contribution in [2.24, 2.45) is 5.92 Å². The van der Waals surface area contributed by atoms with E-state index in [-0.39, 0.29) is 17.8 Å². The quantitative estimate of drug-likeness (QED) is 0.411. The van der Waals surface area contributed by atoms with Gasteiger partial charge in [-0.3, -0.25) is 9.59 Å². The lowest BCUT2D eigenvalue weighted by molar-refractivity contribution is -0.141. The number of amides is 1. The SMILES string of the molecule is COc1cc(N2CCCC(C(=O)O)C2)ccc1Nc1ncc(Cl)c(Nc2cccc3c2C(=O)N(C)C3)n1. The van der Waals surface area contributed by atoms with Crippen LogP contribution in [0.3, 0.4) is 0 Å². The van der Waals surface area contributed by atoms with Crippen LogP contribution in [0.2, 0.25) is 5.02 Å². The Kier molecular flexibility index (Phi) is 6.75. The van der Waals surface area contributed by atoms with Crippen LogP contribution >= 0.6 is 11.6 Å². The number of benzene rings is 2. The number of carboxylic acid groups (broad SMARTS) is 1. The minimum absolute atomic E-state index is 0.0603. The molecule has 1 unspecified atom stereocenters. The average Bonchev–Trinajstić information content (AvgIpc) is 3.20. The largest absolute Gasteiger partial charge is 0.494 e. The summed E-state index contributed by atoms with van der Waals surface area (Å²) in [7, 11) is 3.33. The Morgan fingerprint density at radius 1 is 1.22 bits per heavy atom. The van der Waals surface area contributed by atoms with Crippen LogP contribution in [0.4, 0.5) is 28.8 Å². The van der Waals surface area contributed by atoms with Gasteiger partial charge < -0.3 is 30.3 Å². The van der Waals surface area contributed by atoms with Gasteiger partial charge in [0.2, 0.25) is 5.95 Å². The molecule has 3 N–H and O–H groups in total. The molecule has 3 heterocycles. The number of nitrogens with zero attached hydrogens (tertiary/aromatic N) is 4. The number of methoxy groups -OCH3 is 1. The smallest absolute Gasteiger partial charge is 0.308 e. The van der Waals surface area contributed by atoms with Crippen molar-refractivity contribution in [2.75, 3.05) is 42.8 Å². The Morgan fingerprint density at radius 3 is 2.84 bits per heavy atom. The molecular weight excluding hydrogens is 496 g/mol. The maximum atomic E-state index is 12.6. The number of carboxylic acids is 1. The molecule has 0 spiro atoms. The van der Waals surface area contributed by atoms with Gasteiger partial charge >= 0.3 is 5.97 Å². The van der Waals surface area contributed by atoms with Crippen LogP contribution < -0.4 is 20.3 Å². The molecule has 2 aliphatic rings. The highest BCUT2D eigenvalue weighted by Crippen LogP contribution is 2.35. The molecule has 0 radical (unpaired) electrons. The van der Waals surface area contributed by atoms with E-state index in [1.165, 1.54) is 6.20 Å². The second-order valence-corrected chi connectivity index (χ2v) is 9.56. The lowest BCUT2D eigenvalue weighted by Gasteiger charge is -2.32. The number of anilines is 5. The van der Waals surface area contributed by atoms with E-state index >= 15 is 0 Å². The first-order chi connectivity index (χ1) is 17.8. The third-order valence-electron chi connectivity index (χ3n) is 6.68. The predicted octanol–water partition coefficient (Wildman–Crippen LogP) is 4.51. The third-order valence-corrected chi connectivity index (χ3v) is 6.96. The van der Waals surface area contributed by atoms with E-state index in [1.54, 1.807) is 19.1 Å². The van der Waals surface area contributed by atoms with Crippen LogP contribution in [0.25, 0.3) is 0 Å². The minimum atomic E-state index is -0.768. The number of halogens is 1. The van der Waals surface area contributed by atoms with Crippen molar-refractivity contribution in [1.82, 2.24) is 14.9 Å². The monoisotopic (exact) mass is 522 g/mol. The molecule has 10 nitrogen and oxygen atoms in total. The van der Waals surface area contributed by atoms with Crippen molar-refractivity contribution in [3.63, 3.8) is 0 Å². The van der Waals surface area contributed by atoms with E-state index in [9.17, 15) is 14.7 Å². The summed E-state index contributed by atoms with van der Waals surface area (Å²) in [4.78, 5) is 36.6. The zero-order valence-corrected chi connectivity index (χ0v) is 21.2. The van der Waals surface area contributed by atoms with Gasteiger partial charge in [-0.05, 0) is 36.6 Å². The van der Waals surface area contributed by atoms with Crippen LogP contribution in [-0.4, -0.2) is 59.1 Å². The van der Waals surface area contributed by atoms with E-state index in [2.05, 4.69) is 25.5 Å². The number of hydrogen-bond acceptors (Lipinski definition) is 8. The van der Waals surface area contributed by atoms with Gasteiger partial charge in [0, 0.05) is 38.4 Å². The van der Waals surface area contributed by atoms with Crippen LogP contribution in [-0.2, 0) is 11.3 Å². The van der Waals surface area contributed by atoms with Crippen LogP contribution in [0.5, 0.6) is 5.75 Å². The highest BCUT2D eigenvalue weighted by atomic mass is 35.5. The second-order valence-electron chi connectivity index (χ2n) is 9.15. The van der Waals surface area contributed by atoms with Crippen molar-refractivity contribution in [1.29, 1.82) is 0 Å². The summed E-state index contributed by atoms with van der Waals surface area (Å²) in [6, 6.07) is 11.3. The van der Waals surface area contributed by atoms with Gasteiger partial charge in [0.25, 0.3) is 5.91 Å². The van der Waals surface area contributed by atoms with Crippen molar-refractivity contribution < 1.29 is 19.4 Å². The molecule has 37 heavy (non-hydrogen) atoms. The lowest BCUT2D eigenvalue weighted by atomic mass is 9.98. The first kappa shape index (κ1) is 24.6. The second kappa shape index (κ2) is 10.1. The molecule has 0 aliphatic carbocycles. The van der Waals surface area contributed by atoms with Gasteiger partial charge in [-0.2, -0.15) is 4.98 Å². The molecule has 1 atom stereocenters. The number of fused-ring (bicyclic) bond motifs is 1. The highest BCUT2D eigenvalue weighted by Gasteiger charge is 2.28. The number of carbonyl (C=O) groups excluding carboxylic acids is 1. The number of carbonyl (C=O) groups is 2. The fraction of sp³-hybridized carbons (Fsp3) is 0.308. The Hall–Kier alpha value is -4.05. The van der Waals surface area contributed by atoms with E-state index < -0.39 is 5.97 Å². The van der Waals surface area contributed by atoms with Gasteiger partial charge in [-0.15, -0.1) is 0 Å². The topological polar surface area (TPSA) is 120 Å².